The molecule has 0 aliphatic rings. The van der Waals surface area contributed by atoms with E-state index in [4.69, 9.17) is 4.74 Å². The van der Waals surface area contributed by atoms with Crippen LogP contribution in [0.1, 0.15) is 13.8 Å². The second kappa shape index (κ2) is 8.86. The van der Waals surface area contributed by atoms with Crippen molar-refractivity contribution in [3.8, 4) is 5.75 Å². The SMILES string of the molecule is CC(C)Oc1ccc(S(=O)(=O)Nc2ccc(NCCN(C)C)cn2)cc1. The topological polar surface area (TPSA) is 83.6 Å². The minimum absolute atomic E-state index is 0.0321. The van der Waals surface area contributed by atoms with E-state index in [1.54, 1.807) is 30.5 Å². The molecular weight excluding hydrogens is 352 g/mol. The predicted molar refractivity (Wildman–Crippen MR) is 104 cm³/mol. The highest BCUT2D eigenvalue weighted by atomic mass is 32.2. The minimum Gasteiger partial charge on any atom is -0.491 e. The van der Waals surface area contributed by atoms with Crippen LogP contribution in [0.3, 0.4) is 0 Å². The quantitative estimate of drug-likeness (QED) is 0.698. The number of nitrogens with one attached hydrogen (secondary N) is 2. The number of anilines is 2. The van der Waals surface area contributed by atoms with Crippen molar-refractivity contribution in [3.05, 3.63) is 42.6 Å². The average molecular weight is 378 g/mol. The van der Waals surface area contributed by atoms with Crippen molar-refractivity contribution in [2.75, 3.05) is 37.2 Å². The van der Waals surface area contributed by atoms with Crippen LogP contribution in [-0.4, -0.2) is 51.6 Å². The number of hydrogen-bond acceptors (Lipinski definition) is 6. The van der Waals surface area contributed by atoms with Gasteiger partial charge in [-0.3, -0.25) is 4.72 Å². The summed E-state index contributed by atoms with van der Waals surface area (Å²) in [5, 5.41) is 3.22. The molecule has 0 bridgehead atoms. The third-order valence-corrected chi connectivity index (χ3v) is 4.77. The lowest BCUT2D eigenvalue weighted by Crippen LogP contribution is -2.20. The largest absolute Gasteiger partial charge is 0.491 e. The molecule has 0 saturated heterocycles. The van der Waals surface area contributed by atoms with Crippen LogP contribution >= 0.6 is 0 Å². The van der Waals surface area contributed by atoms with Crippen molar-refractivity contribution >= 4 is 21.5 Å². The zero-order chi connectivity index (χ0) is 19.2. The highest BCUT2D eigenvalue weighted by Crippen LogP contribution is 2.19. The smallest absolute Gasteiger partial charge is 0.263 e. The molecule has 0 aliphatic heterocycles. The normalized spacial score (nSPS) is 11.6. The average Bonchev–Trinajstić information content (AvgIpc) is 2.56. The third kappa shape index (κ3) is 6.20. The minimum atomic E-state index is -3.69. The van der Waals surface area contributed by atoms with Gasteiger partial charge < -0.3 is 15.0 Å². The zero-order valence-electron chi connectivity index (χ0n) is 15.6. The first-order valence-electron chi connectivity index (χ1n) is 8.40. The standard InChI is InChI=1S/C18H26N4O3S/c1-14(2)25-16-6-8-17(9-7-16)26(23,24)21-18-10-5-15(13-20-18)19-11-12-22(3)4/h5-10,13-14,19H,11-12H2,1-4H3,(H,20,21). The fourth-order valence-electron chi connectivity index (χ4n) is 2.15. The molecule has 0 amide bonds. The molecule has 1 aromatic carbocycles. The Balaban J connectivity index is 2.00. The number of ether oxygens (including phenoxy) is 1. The molecule has 0 radical (unpaired) electrons. The van der Waals surface area contributed by atoms with Crippen molar-refractivity contribution in [2.24, 2.45) is 0 Å². The van der Waals surface area contributed by atoms with Crippen molar-refractivity contribution in [1.82, 2.24) is 9.88 Å². The first-order valence-corrected chi connectivity index (χ1v) is 9.89. The fraction of sp³-hybridized carbons (Fsp3) is 0.389. The fourth-order valence-corrected chi connectivity index (χ4v) is 3.16. The summed E-state index contributed by atoms with van der Waals surface area (Å²) >= 11 is 0. The number of sulfonamides is 1. The van der Waals surface area contributed by atoms with E-state index in [1.165, 1.54) is 12.1 Å². The maximum absolute atomic E-state index is 12.5. The molecule has 1 aromatic heterocycles. The maximum atomic E-state index is 12.5. The van der Waals surface area contributed by atoms with E-state index in [9.17, 15) is 8.42 Å². The van der Waals surface area contributed by atoms with Gasteiger partial charge in [-0.15, -0.1) is 0 Å². The van der Waals surface area contributed by atoms with Gasteiger partial charge in [0.25, 0.3) is 10.0 Å². The molecule has 2 aromatic rings. The van der Waals surface area contributed by atoms with Gasteiger partial charge >= 0.3 is 0 Å². The molecule has 0 spiro atoms. The van der Waals surface area contributed by atoms with Gasteiger partial charge in [0, 0.05) is 13.1 Å². The molecule has 7 nitrogen and oxygen atoms in total. The number of likely N-dealkylation sites (N-methyl/N-ethyl adjacent to an activating group) is 1. The van der Waals surface area contributed by atoms with E-state index in [0.717, 1.165) is 18.8 Å². The predicted octanol–water partition coefficient (Wildman–Crippen LogP) is 2.64. The third-order valence-electron chi connectivity index (χ3n) is 3.40. The van der Waals surface area contributed by atoms with Crippen LogP contribution in [0.25, 0.3) is 0 Å². The van der Waals surface area contributed by atoms with Gasteiger partial charge in [0.1, 0.15) is 11.6 Å². The number of nitrogens with zero attached hydrogens (tertiary/aromatic N) is 2. The molecule has 2 rings (SSSR count). The molecule has 0 atom stereocenters. The Hall–Kier alpha value is -2.32. The van der Waals surface area contributed by atoms with Gasteiger partial charge in [0.05, 0.1) is 22.9 Å². The number of aromatic nitrogens is 1. The summed E-state index contributed by atoms with van der Waals surface area (Å²) in [4.78, 5) is 6.38. The van der Waals surface area contributed by atoms with Crippen molar-refractivity contribution in [1.29, 1.82) is 0 Å². The molecule has 1 heterocycles. The molecule has 0 saturated carbocycles. The lowest BCUT2D eigenvalue weighted by atomic mass is 10.3. The lowest BCUT2D eigenvalue weighted by Gasteiger charge is -2.12. The van der Waals surface area contributed by atoms with Crippen LogP contribution in [0.5, 0.6) is 5.75 Å². The summed E-state index contributed by atoms with van der Waals surface area (Å²) in [5.41, 5.74) is 0.838. The molecule has 0 aliphatic carbocycles. The molecule has 142 valence electrons. The zero-order valence-corrected chi connectivity index (χ0v) is 16.4. The van der Waals surface area contributed by atoms with Crippen molar-refractivity contribution in [2.45, 2.75) is 24.8 Å². The molecular formula is C18H26N4O3S. The number of rotatable bonds is 9. The summed E-state index contributed by atoms with van der Waals surface area (Å²) in [7, 11) is 0.304. The van der Waals surface area contributed by atoms with E-state index in [2.05, 4.69) is 19.9 Å². The van der Waals surface area contributed by atoms with Gasteiger partial charge in [0.15, 0.2) is 0 Å². The highest BCUT2D eigenvalue weighted by molar-refractivity contribution is 7.92. The Labute approximate surface area is 155 Å². The summed E-state index contributed by atoms with van der Waals surface area (Å²) in [6.45, 7) is 5.50. The highest BCUT2D eigenvalue weighted by Gasteiger charge is 2.15. The van der Waals surface area contributed by atoms with Crippen LogP contribution in [0, 0.1) is 0 Å². The molecule has 2 N–H and O–H groups in total. The van der Waals surface area contributed by atoms with Crippen LogP contribution in [0.4, 0.5) is 11.5 Å². The Morgan fingerprint density at radius 2 is 1.81 bits per heavy atom. The van der Waals surface area contributed by atoms with Crippen molar-refractivity contribution < 1.29 is 13.2 Å². The Morgan fingerprint density at radius 1 is 1.12 bits per heavy atom. The molecule has 8 heteroatoms. The van der Waals surface area contributed by atoms with E-state index >= 15 is 0 Å². The number of hydrogen-bond donors (Lipinski definition) is 2. The first kappa shape index (κ1) is 20.0. The summed E-state index contributed by atoms with van der Waals surface area (Å²) < 4.78 is 32.9. The van der Waals surface area contributed by atoms with Crippen LogP contribution < -0.4 is 14.8 Å². The van der Waals surface area contributed by atoms with Crippen LogP contribution in [0.2, 0.25) is 0 Å². The van der Waals surface area contributed by atoms with Gasteiger partial charge in [-0.25, -0.2) is 13.4 Å². The Morgan fingerprint density at radius 3 is 2.35 bits per heavy atom. The van der Waals surface area contributed by atoms with E-state index < -0.39 is 10.0 Å². The molecule has 26 heavy (non-hydrogen) atoms. The van der Waals surface area contributed by atoms with Gasteiger partial charge in [-0.2, -0.15) is 0 Å². The second-order valence-electron chi connectivity index (χ2n) is 6.41. The molecule has 0 unspecified atom stereocenters. The Kier molecular flexibility index (Phi) is 6.82. The maximum Gasteiger partial charge on any atom is 0.263 e. The molecule has 0 fully saturated rings. The second-order valence-corrected chi connectivity index (χ2v) is 8.09. The van der Waals surface area contributed by atoms with Gasteiger partial charge in [0.2, 0.25) is 0 Å². The summed E-state index contributed by atoms with van der Waals surface area (Å²) in [6, 6.07) is 9.72. The van der Waals surface area contributed by atoms with Crippen LogP contribution in [0.15, 0.2) is 47.5 Å². The van der Waals surface area contributed by atoms with Gasteiger partial charge in [-0.05, 0) is 64.3 Å². The Bertz CT molecular complexity index is 788. The van der Waals surface area contributed by atoms with Crippen molar-refractivity contribution in [3.63, 3.8) is 0 Å². The van der Waals surface area contributed by atoms with E-state index in [-0.39, 0.29) is 16.8 Å². The first-order chi connectivity index (χ1) is 12.3. The van der Waals surface area contributed by atoms with Crippen LogP contribution in [-0.2, 0) is 10.0 Å². The van der Waals surface area contributed by atoms with E-state index in [1.807, 2.05) is 27.9 Å². The monoisotopic (exact) mass is 378 g/mol. The number of benzene rings is 1. The number of pyridine rings is 1. The summed E-state index contributed by atoms with van der Waals surface area (Å²) in [6.07, 6.45) is 1.64. The lowest BCUT2D eigenvalue weighted by molar-refractivity contribution is 0.242. The van der Waals surface area contributed by atoms with E-state index in [0.29, 0.717) is 5.75 Å². The van der Waals surface area contributed by atoms with Gasteiger partial charge in [-0.1, -0.05) is 0 Å². The summed E-state index contributed by atoms with van der Waals surface area (Å²) in [5.74, 6) is 0.899.